The molecule has 0 aliphatic heterocycles. The van der Waals surface area contributed by atoms with Crippen LogP contribution in [0.25, 0.3) is 5.52 Å². The maximum absolute atomic E-state index is 4.19. The van der Waals surface area contributed by atoms with Gasteiger partial charge in [-0.25, -0.2) is 4.98 Å². The Kier molecular flexibility index (Phi) is 1.46. The van der Waals surface area contributed by atoms with Crippen molar-refractivity contribution < 1.29 is 0 Å². The van der Waals surface area contributed by atoms with E-state index in [0.29, 0.717) is 0 Å². The summed E-state index contributed by atoms with van der Waals surface area (Å²) in [5.41, 5.74) is 2.21. The van der Waals surface area contributed by atoms with Gasteiger partial charge in [0.2, 0.25) is 0 Å². The SMILES string of the molecule is Cc1ncn2c(Br)cccc12. The van der Waals surface area contributed by atoms with Crippen molar-refractivity contribution in [3.8, 4) is 0 Å². The van der Waals surface area contributed by atoms with E-state index in [-0.39, 0.29) is 0 Å². The molecule has 2 nitrogen and oxygen atoms in total. The fraction of sp³-hybridized carbons (Fsp3) is 0.125. The second-order valence-electron chi connectivity index (χ2n) is 2.43. The van der Waals surface area contributed by atoms with Gasteiger partial charge in [0.1, 0.15) is 6.33 Å². The minimum atomic E-state index is 1.04. The van der Waals surface area contributed by atoms with E-state index in [2.05, 4.69) is 20.9 Å². The van der Waals surface area contributed by atoms with Crippen LogP contribution in [0.3, 0.4) is 0 Å². The van der Waals surface area contributed by atoms with Gasteiger partial charge < -0.3 is 0 Å². The molecular weight excluding hydrogens is 204 g/mol. The average molecular weight is 211 g/mol. The highest BCUT2D eigenvalue weighted by molar-refractivity contribution is 9.10. The summed E-state index contributed by atoms with van der Waals surface area (Å²) in [4.78, 5) is 4.19. The van der Waals surface area contributed by atoms with Crippen LogP contribution in [0.15, 0.2) is 29.1 Å². The lowest BCUT2D eigenvalue weighted by Crippen LogP contribution is -1.82. The van der Waals surface area contributed by atoms with Gasteiger partial charge >= 0.3 is 0 Å². The summed E-state index contributed by atoms with van der Waals surface area (Å²) in [6.45, 7) is 2.00. The summed E-state index contributed by atoms with van der Waals surface area (Å²) in [6, 6.07) is 6.05. The van der Waals surface area contributed by atoms with Gasteiger partial charge in [0.05, 0.1) is 15.8 Å². The maximum Gasteiger partial charge on any atom is 0.100 e. The van der Waals surface area contributed by atoms with Crippen molar-refractivity contribution in [2.24, 2.45) is 0 Å². The molecule has 0 radical (unpaired) electrons. The summed E-state index contributed by atoms with van der Waals surface area (Å²) >= 11 is 3.43. The normalized spacial score (nSPS) is 10.7. The maximum atomic E-state index is 4.19. The first kappa shape index (κ1) is 6.85. The fourth-order valence-corrected chi connectivity index (χ4v) is 1.55. The van der Waals surface area contributed by atoms with Gasteiger partial charge in [-0.1, -0.05) is 6.07 Å². The molecule has 0 saturated carbocycles. The molecule has 0 bridgehead atoms. The molecule has 0 unspecified atom stereocenters. The number of pyridine rings is 1. The number of aromatic nitrogens is 2. The molecule has 11 heavy (non-hydrogen) atoms. The van der Waals surface area contributed by atoms with Crippen molar-refractivity contribution in [3.63, 3.8) is 0 Å². The number of hydrogen-bond acceptors (Lipinski definition) is 1. The molecule has 0 atom stereocenters. The van der Waals surface area contributed by atoms with Crippen LogP contribution in [0.4, 0.5) is 0 Å². The van der Waals surface area contributed by atoms with Crippen molar-refractivity contribution in [1.82, 2.24) is 9.38 Å². The zero-order chi connectivity index (χ0) is 7.84. The number of halogens is 1. The summed E-state index contributed by atoms with van der Waals surface area (Å²) < 4.78 is 3.05. The molecule has 0 aromatic carbocycles. The monoisotopic (exact) mass is 210 g/mol. The fourth-order valence-electron chi connectivity index (χ4n) is 1.12. The summed E-state index contributed by atoms with van der Waals surface area (Å²) in [7, 11) is 0. The third kappa shape index (κ3) is 0.959. The highest BCUT2D eigenvalue weighted by Crippen LogP contribution is 2.15. The Labute approximate surface area is 73.0 Å². The highest BCUT2D eigenvalue weighted by atomic mass is 79.9. The zero-order valence-corrected chi connectivity index (χ0v) is 7.67. The predicted octanol–water partition coefficient (Wildman–Crippen LogP) is 2.41. The topological polar surface area (TPSA) is 17.3 Å². The van der Waals surface area contributed by atoms with Gasteiger partial charge in [0.25, 0.3) is 0 Å². The minimum absolute atomic E-state index is 1.04. The van der Waals surface area contributed by atoms with Gasteiger partial charge in [-0.3, -0.25) is 4.40 Å². The largest absolute Gasteiger partial charge is 0.293 e. The molecule has 56 valence electrons. The van der Waals surface area contributed by atoms with Crippen LogP contribution in [0.2, 0.25) is 0 Å². The Morgan fingerprint density at radius 2 is 2.27 bits per heavy atom. The number of rotatable bonds is 0. The predicted molar refractivity (Wildman–Crippen MR) is 47.6 cm³/mol. The molecule has 3 heteroatoms. The Bertz CT molecular complexity index is 392. The van der Waals surface area contributed by atoms with E-state index in [1.165, 1.54) is 0 Å². The Hall–Kier alpha value is -0.830. The number of nitrogens with zero attached hydrogens (tertiary/aromatic N) is 2. The van der Waals surface area contributed by atoms with Gasteiger partial charge in [-0.15, -0.1) is 0 Å². The molecule has 2 aromatic rings. The molecule has 0 saturated heterocycles. The van der Waals surface area contributed by atoms with Crippen LogP contribution >= 0.6 is 15.9 Å². The van der Waals surface area contributed by atoms with Crippen LogP contribution in [-0.4, -0.2) is 9.38 Å². The first-order chi connectivity index (χ1) is 5.29. The average Bonchev–Trinajstić information content (AvgIpc) is 2.35. The Morgan fingerprint density at radius 3 is 3.00 bits per heavy atom. The molecule has 0 spiro atoms. The smallest absolute Gasteiger partial charge is 0.100 e. The number of imidazole rings is 1. The van der Waals surface area contributed by atoms with E-state index in [1.54, 1.807) is 0 Å². The molecule has 0 aliphatic carbocycles. The number of hydrogen-bond donors (Lipinski definition) is 0. The van der Waals surface area contributed by atoms with E-state index in [0.717, 1.165) is 15.8 Å². The third-order valence-corrected chi connectivity index (χ3v) is 2.36. The van der Waals surface area contributed by atoms with Crippen molar-refractivity contribution in [3.05, 3.63) is 34.8 Å². The summed E-state index contributed by atoms with van der Waals surface area (Å²) in [5, 5.41) is 0. The van der Waals surface area contributed by atoms with E-state index in [4.69, 9.17) is 0 Å². The van der Waals surface area contributed by atoms with Gasteiger partial charge in [-0.05, 0) is 35.0 Å². The van der Waals surface area contributed by atoms with Crippen molar-refractivity contribution >= 4 is 21.4 Å². The van der Waals surface area contributed by atoms with Gasteiger partial charge in [0, 0.05) is 0 Å². The van der Waals surface area contributed by atoms with E-state index < -0.39 is 0 Å². The molecular formula is C8H7BrN2. The Balaban J connectivity index is 2.94. The zero-order valence-electron chi connectivity index (χ0n) is 6.08. The summed E-state index contributed by atoms with van der Waals surface area (Å²) in [6.07, 6.45) is 1.81. The van der Waals surface area contributed by atoms with Crippen LogP contribution in [0, 0.1) is 6.92 Å². The number of aryl methyl sites for hydroxylation is 1. The van der Waals surface area contributed by atoms with Crippen LogP contribution in [-0.2, 0) is 0 Å². The Morgan fingerprint density at radius 1 is 1.45 bits per heavy atom. The standard InChI is InChI=1S/C8H7BrN2/c1-6-7-3-2-4-8(9)11(7)5-10-6/h2-5H,1H3. The van der Waals surface area contributed by atoms with Crippen molar-refractivity contribution in [2.45, 2.75) is 6.92 Å². The lowest BCUT2D eigenvalue weighted by Gasteiger charge is -1.95. The molecule has 0 N–H and O–H groups in total. The van der Waals surface area contributed by atoms with Crippen LogP contribution < -0.4 is 0 Å². The molecule has 2 rings (SSSR count). The lowest BCUT2D eigenvalue weighted by atomic mass is 10.3. The van der Waals surface area contributed by atoms with Crippen molar-refractivity contribution in [2.75, 3.05) is 0 Å². The molecule has 0 aliphatic rings. The van der Waals surface area contributed by atoms with Crippen LogP contribution in [0.5, 0.6) is 0 Å². The first-order valence-electron chi connectivity index (χ1n) is 3.37. The van der Waals surface area contributed by atoms with Gasteiger partial charge in [-0.2, -0.15) is 0 Å². The quantitative estimate of drug-likeness (QED) is 0.611. The first-order valence-corrected chi connectivity index (χ1v) is 4.16. The molecule has 0 fully saturated rings. The minimum Gasteiger partial charge on any atom is -0.293 e. The van der Waals surface area contributed by atoms with Crippen LogP contribution in [0.1, 0.15) is 5.69 Å². The number of fused-ring (bicyclic) bond motifs is 1. The second-order valence-corrected chi connectivity index (χ2v) is 3.25. The highest BCUT2D eigenvalue weighted by Gasteiger charge is 1.99. The second kappa shape index (κ2) is 2.34. The lowest BCUT2D eigenvalue weighted by molar-refractivity contribution is 1.12. The summed E-state index contributed by atoms with van der Waals surface area (Å²) in [5.74, 6) is 0. The molecule has 2 heterocycles. The van der Waals surface area contributed by atoms with Crippen molar-refractivity contribution in [1.29, 1.82) is 0 Å². The van der Waals surface area contributed by atoms with E-state index in [1.807, 2.05) is 35.9 Å². The van der Waals surface area contributed by atoms with E-state index >= 15 is 0 Å². The third-order valence-electron chi connectivity index (χ3n) is 1.72. The van der Waals surface area contributed by atoms with E-state index in [9.17, 15) is 0 Å². The molecule has 2 aromatic heterocycles. The van der Waals surface area contributed by atoms with Gasteiger partial charge in [0.15, 0.2) is 0 Å². The molecule has 0 amide bonds.